The van der Waals surface area contributed by atoms with Crippen LogP contribution in [0.15, 0.2) is 54.6 Å². The summed E-state index contributed by atoms with van der Waals surface area (Å²) in [6.07, 6.45) is -4.27. The second-order valence-electron chi connectivity index (χ2n) is 5.13. The largest absolute Gasteiger partial charge is 0.416 e. The summed E-state index contributed by atoms with van der Waals surface area (Å²) >= 11 is 0. The van der Waals surface area contributed by atoms with Crippen molar-refractivity contribution >= 4 is 5.69 Å². The number of alkyl halides is 3. The van der Waals surface area contributed by atoms with Crippen molar-refractivity contribution < 1.29 is 13.2 Å². The Bertz CT molecular complexity index is 565. The fourth-order valence-corrected chi connectivity index (χ4v) is 2.10. The van der Waals surface area contributed by atoms with Crippen LogP contribution in [0.25, 0.3) is 0 Å². The summed E-state index contributed by atoms with van der Waals surface area (Å²) in [5.41, 5.74) is 1.37. The number of anilines is 1. The van der Waals surface area contributed by atoms with Gasteiger partial charge in [-0.25, -0.2) is 0 Å². The third kappa shape index (κ3) is 4.77. The lowest BCUT2D eigenvalue weighted by Gasteiger charge is -2.19. The zero-order valence-electron chi connectivity index (χ0n) is 12.4. The van der Waals surface area contributed by atoms with E-state index in [1.807, 2.05) is 37.4 Å². The predicted octanol–water partition coefficient (Wildman–Crippen LogP) is 3.93. The molecule has 0 aliphatic heterocycles. The highest BCUT2D eigenvalue weighted by molar-refractivity contribution is 5.44. The van der Waals surface area contributed by atoms with Gasteiger partial charge in [-0.2, -0.15) is 13.2 Å². The highest BCUT2D eigenvalue weighted by Crippen LogP contribution is 2.29. The summed E-state index contributed by atoms with van der Waals surface area (Å²) in [7, 11) is 2.01. The molecule has 5 heteroatoms. The Morgan fingerprint density at radius 3 is 2.18 bits per heavy atom. The Morgan fingerprint density at radius 2 is 1.59 bits per heavy atom. The summed E-state index contributed by atoms with van der Waals surface area (Å²) in [5.74, 6) is 0. The zero-order valence-corrected chi connectivity index (χ0v) is 12.4. The van der Waals surface area contributed by atoms with Gasteiger partial charge in [0.25, 0.3) is 0 Å². The minimum absolute atomic E-state index is 0.556. The molecule has 1 N–H and O–H groups in total. The van der Waals surface area contributed by atoms with Crippen molar-refractivity contribution in [3.05, 3.63) is 65.7 Å². The van der Waals surface area contributed by atoms with Crippen LogP contribution in [0.3, 0.4) is 0 Å². The first-order chi connectivity index (χ1) is 10.5. The van der Waals surface area contributed by atoms with E-state index in [0.717, 1.165) is 36.5 Å². The Kier molecular flexibility index (Phi) is 5.44. The summed E-state index contributed by atoms with van der Waals surface area (Å²) in [5, 5.41) is 3.24. The van der Waals surface area contributed by atoms with Crippen LogP contribution in [0.5, 0.6) is 0 Å². The molecule has 0 aromatic heterocycles. The van der Waals surface area contributed by atoms with Gasteiger partial charge in [-0.3, -0.25) is 0 Å². The first kappa shape index (κ1) is 16.4. The van der Waals surface area contributed by atoms with E-state index in [9.17, 15) is 13.2 Å². The number of likely N-dealkylation sites (N-methyl/N-ethyl adjacent to an activating group) is 1. The minimum Gasteiger partial charge on any atom is -0.373 e. The van der Waals surface area contributed by atoms with Crippen LogP contribution >= 0.6 is 0 Å². The molecule has 0 amide bonds. The molecule has 0 fully saturated rings. The number of rotatable bonds is 6. The molecule has 2 aromatic rings. The maximum absolute atomic E-state index is 12.5. The topological polar surface area (TPSA) is 15.3 Å². The molecule has 0 aliphatic rings. The lowest BCUT2D eigenvalue weighted by atomic mass is 10.1. The fraction of sp³-hybridized carbons (Fsp3) is 0.294. The standard InChI is InChI=1S/C17H19F3N2/c1-22(16-5-3-2-4-6-16)12-11-21-13-14-7-9-15(10-8-14)17(18,19)20/h2-10,21H,11-13H2,1H3. The number of nitrogens with one attached hydrogen (secondary N) is 1. The lowest BCUT2D eigenvalue weighted by Crippen LogP contribution is -2.28. The molecule has 2 aromatic carbocycles. The Balaban J connectivity index is 1.75. The smallest absolute Gasteiger partial charge is 0.373 e. The van der Waals surface area contributed by atoms with E-state index >= 15 is 0 Å². The quantitative estimate of drug-likeness (QED) is 0.813. The summed E-state index contributed by atoms with van der Waals surface area (Å²) in [4.78, 5) is 2.12. The first-order valence-electron chi connectivity index (χ1n) is 7.10. The number of nitrogens with zero attached hydrogens (tertiary/aromatic N) is 1. The average Bonchev–Trinajstić information content (AvgIpc) is 2.52. The maximum Gasteiger partial charge on any atom is 0.416 e. The Hall–Kier alpha value is -2.01. The van der Waals surface area contributed by atoms with E-state index in [-0.39, 0.29) is 0 Å². The van der Waals surface area contributed by atoms with Gasteiger partial charge in [-0.15, -0.1) is 0 Å². The molecule has 0 spiro atoms. The molecule has 0 saturated heterocycles. The molecule has 0 aliphatic carbocycles. The molecule has 0 saturated carbocycles. The Labute approximate surface area is 128 Å². The summed E-state index contributed by atoms with van der Waals surface area (Å²) in [6, 6.07) is 15.3. The molecule has 118 valence electrons. The van der Waals surface area contributed by atoms with Crippen LogP contribution in [0.4, 0.5) is 18.9 Å². The number of halogens is 3. The van der Waals surface area contributed by atoms with E-state index in [0.29, 0.717) is 6.54 Å². The Morgan fingerprint density at radius 1 is 0.955 bits per heavy atom. The van der Waals surface area contributed by atoms with Crippen LogP contribution in [0.1, 0.15) is 11.1 Å². The number of hydrogen-bond acceptors (Lipinski definition) is 2. The van der Waals surface area contributed by atoms with Gasteiger partial charge in [0, 0.05) is 32.4 Å². The maximum atomic E-state index is 12.5. The SMILES string of the molecule is CN(CCNCc1ccc(C(F)(F)F)cc1)c1ccccc1. The van der Waals surface area contributed by atoms with E-state index in [2.05, 4.69) is 10.2 Å². The molecule has 0 bridgehead atoms. The van der Waals surface area contributed by atoms with Gasteiger partial charge >= 0.3 is 6.18 Å². The van der Waals surface area contributed by atoms with Gasteiger partial charge in [-0.1, -0.05) is 30.3 Å². The molecule has 0 atom stereocenters. The third-order valence-corrected chi connectivity index (χ3v) is 3.43. The zero-order chi connectivity index (χ0) is 16.0. The van der Waals surface area contributed by atoms with Crippen molar-refractivity contribution in [1.29, 1.82) is 0 Å². The molecule has 22 heavy (non-hydrogen) atoms. The average molecular weight is 308 g/mol. The van der Waals surface area contributed by atoms with Crippen molar-refractivity contribution in [3.8, 4) is 0 Å². The summed E-state index contributed by atoms with van der Waals surface area (Å²) in [6.45, 7) is 2.14. The van der Waals surface area contributed by atoms with Crippen LogP contribution < -0.4 is 10.2 Å². The van der Waals surface area contributed by atoms with Crippen molar-refractivity contribution in [3.63, 3.8) is 0 Å². The lowest BCUT2D eigenvalue weighted by molar-refractivity contribution is -0.137. The minimum atomic E-state index is -4.27. The van der Waals surface area contributed by atoms with Gasteiger partial charge in [0.1, 0.15) is 0 Å². The molecule has 0 heterocycles. The van der Waals surface area contributed by atoms with Crippen molar-refractivity contribution in [2.75, 3.05) is 25.0 Å². The van der Waals surface area contributed by atoms with E-state index in [1.54, 1.807) is 0 Å². The number of benzene rings is 2. The fourth-order valence-electron chi connectivity index (χ4n) is 2.10. The van der Waals surface area contributed by atoms with Gasteiger partial charge in [0.15, 0.2) is 0 Å². The van der Waals surface area contributed by atoms with E-state index in [1.165, 1.54) is 12.1 Å². The van der Waals surface area contributed by atoms with Crippen molar-refractivity contribution in [1.82, 2.24) is 5.32 Å². The monoisotopic (exact) mass is 308 g/mol. The number of para-hydroxylation sites is 1. The highest BCUT2D eigenvalue weighted by atomic mass is 19.4. The molecule has 2 nitrogen and oxygen atoms in total. The van der Waals surface area contributed by atoms with E-state index < -0.39 is 11.7 Å². The van der Waals surface area contributed by atoms with Crippen molar-refractivity contribution in [2.45, 2.75) is 12.7 Å². The molecular formula is C17H19F3N2. The van der Waals surface area contributed by atoms with Crippen LogP contribution in [-0.2, 0) is 12.7 Å². The normalized spacial score (nSPS) is 11.5. The predicted molar refractivity (Wildman–Crippen MR) is 82.9 cm³/mol. The van der Waals surface area contributed by atoms with E-state index in [4.69, 9.17) is 0 Å². The summed E-state index contributed by atoms with van der Waals surface area (Å²) < 4.78 is 37.4. The second kappa shape index (κ2) is 7.31. The molecule has 0 radical (unpaired) electrons. The van der Waals surface area contributed by atoms with Gasteiger partial charge in [0.05, 0.1) is 5.56 Å². The molecular weight excluding hydrogens is 289 g/mol. The van der Waals surface area contributed by atoms with Gasteiger partial charge < -0.3 is 10.2 Å². The van der Waals surface area contributed by atoms with Crippen LogP contribution in [0, 0.1) is 0 Å². The van der Waals surface area contributed by atoms with Crippen molar-refractivity contribution in [2.24, 2.45) is 0 Å². The first-order valence-corrected chi connectivity index (χ1v) is 7.10. The van der Waals surface area contributed by atoms with Gasteiger partial charge in [-0.05, 0) is 29.8 Å². The molecule has 2 rings (SSSR count). The van der Waals surface area contributed by atoms with Gasteiger partial charge in [0.2, 0.25) is 0 Å². The van der Waals surface area contributed by atoms with Crippen LogP contribution in [0.2, 0.25) is 0 Å². The third-order valence-electron chi connectivity index (χ3n) is 3.43. The second-order valence-corrected chi connectivity index (χ2v) is 5.13. The number of hydrogen-bond donors (Lipinski definition) is 1. The van der Waals surface area contributed by atoms with Crippen LogP contribution in [-0.4, -0.2) is 20.1 Å². The highest BCUT2D eigenvalue weighted by Gasteiger charge is 2.29. The molecule has 0 unspecified atom stereocenters.